The SMILES string of the molecule is C=CC#CC(C)(C)C1(O)C=CC=CC1. The highest BCUT2D eigenvalue weighted by Crippen LogP contribution is 2.36. The van der Waals surface area contributed by atoms with Gasteiger partial charge in [-0.15, -0.1) is 0 Å². The van der Waals surface area contributed by atoms with Crippen LogP contribution in [-0.2, 0) is 0 Å². The molecular weight excluding hydrogens is 172 g/mol. The molecule has 1 atom stereocenters. The standard InChI is InChI=1S/C13H16O/c1-4-5-9-12(2,3)13(14)10-7-6-8-11-13/h4,6-8,10,14H,1,11H2,2-3H3. The van der Waals surface area contributed by atoms with E-state index in [4.69, 9.17) is 0 Å². The van der Waals surface area contributed by atoms with E-state index in [0.717, 1.165) is 0 Å². The van der Waals surface area contributed by atoms with Gasteiger partial charge in [-0.3, -0.25) is 0 Å². The van der Waals surface area contributed by atoms with Crippen LogP contribution >= 0.6 is 0 Å². The molecule has 0 saturated heterocycles. The lowest BCUT2D eigenvalue weighted by molar-refractivity contribution is 0.0102. The first-order valence-electron chi connectivity index (χ1n) is 4.72. The van der Waals surface area contributed by atoms with Gasteiger partial charge in [-0.25, -0.2) is 0 Å². The van der Waals surface area contributed by atoms with Gasteiger partial charge < -0.3 is 5.11 Å². The summed E-state index contributed by atoms with van der Waals surface area (Å²) in [6, 6.07) is 0. The average Bonchev–Trinajstić information content (AvgIpc) is 2.16. The van der Waals surface area contributed by atoms with Crippen LogP contribution in [0.3, 0.4) is 0 Å². The minimum Gasteiger partial charge on any atom is -0.384 e. The zero-order valence-electron chi connectivity index (χ0n) is 8.75. The lowest BCUT2D eigenvalue weighted by atomic mass is 9.72. The quantitative estimate of drug-likeness (QED) is 0.627. The Hall–Kier alpha value is -1.26. The van der Waals surface area contributed by atoms with Crippen molar-refractivity contribution < 1.29 is 5.11 Å². The van der Waals surface area contributed by atoms with E-state index in [9.17, 15) is 5.11 Å². The Morgan fingerprint density at radius 3 is 2.71 bits per heavy atom. The third-order valence-electron chi connectivity index (χ3n) is 2.62. The van der Waals surface area contributed by atoms with Crippen LogP contribution in [0.2, 0.25) is 0 Å². The fourth-order valence-electron chi connectivity index (χ4n) is 1.41. The molecular formula is C13H16O. The minimum atomic E-state index is -0.863. The maximum atomic E-state index is 10.4. The van der Waals surface area contributed by atoms with Gasteiger partial charge in [-0.05, 0) is 26.3 Å². The fraction of sp³-hybridized carbons (Fsp3) is 0.385. The van der Waals surface area contributed by atoms with Gasteiger partial charge >= 0.3 is 0 Å². The Labute approximate surface area is 85.8 Å². The van der Waals surface area contributed by atoms with Crippen molar-refractivity contribution in [3.63, 3.8) is 0 Å². The first kappa shape index (κ1) is 10.8. The number of hydrogen-bond acceptors (Lipinski definition) is 1. The monoisotopic (exact) mass is 188 g/mol. The third-order valence-corrected chi connectivity index (χ3v) is 2.62. The Kier molecular flexibility index (Phi) is 2.98. The molecule has 74 valence electrons. The normalized spacial score (nSPS) is 25.4. The summed E-state index contributed by atoms with van der Waals surface area (Å²) in [7, 11) is 0. The molecule has 0 aromatic heterocycles. The van der Waals surface area contributed by atoms with Crippen LogP contribution in [0.4, 0.5) is 0 Å². The average molecular weight is 188 g/mol. The highest BCUT2D eigenvalue weighted by Gasteiger charge is 2.39. The molecule has 1 aliphatic rings. The van der Waals surface area contributed by atoms with E-state index >= 15 is 0 Å². The van der Waals surface area contributed by atoms with Crippen molar-refractivity contribution in [2.75, 3.05) is 0 Å². The van der Waals surface area contributed by atoms with Gasteiger partial charge in [-0.2, -0.15) is 0 Å². The first-order valence-corrected chi connectivity index (χ1v) is 4.72. The summed E-state index contributed by atoms with van der Waals surface area (Å²) in [6.07, 6.45) is 9.73. The molecule has 1 heteroatoms. The Balaban J connectivity index is 2.96. The molecule has 0 aromatic rings. The van der Waals surface area contributed by atoms with Crippen molar-refractivity contribution >= 4 is 0 Å². The molecule has 1 rings (SSSR count). The van der Waals surface area contributed by atoms with E-state index < -0.39 is 11.0 Å². The highest BCUT2D eigenvalue weighted by molar-refractivity contribution is 5.29. The Morgan fingerprint density at radius 1 is 1.50 bits per heavy atom. The van der Waals surface area contributed by atoms with Crippen molar-refractivity contribution in [3.8, 4) is 11.8 Å². The minimum absolute atomic E-state index is 0.456. The highest BCUT2D eigenvalue weighted by atomic mass is 16.3. The van der Waals surface area contributed by atoms with E-state index in [0.29, 0.717) is 6.42 Å². The number of aliphatic hydroxyl groups is 1. The van der Waals surface area contributed by atoms with E-state index in [1.54, 1.807) is 6.08 Å². The van der Waals surface area contributed by atoms with Crippen molar-refractivity contribution in [3.05, 3.63) is 37.0 Å². The molecule has 0 spiro atoms. The van der Waals surface area contributed by atoms with Crippen LogP contribution in [0.5, 0.6) is 0 Å². The molecule has 1 nitrogen and oxygen atoms in total. The molecule has 0 aliphatic heterocycles. The van der Waals surface area contributed by atoms with Gasteiger partial charge in [0.1, 0.15) is 5.60 Å². The van der Waals surface area contributed by atoms with Crippen molar-refractivity contribution in [2.24, 2.45) is 5.41 Å². The van der Waals surface area contributed by atoms with Gasteiger partial charge in [0, 0.05) is 0 Å². The molecule has 1 N–H and O–H groups in total. The second-order valence-corrected chi connectivity index (χ2v) is 4.01. The predicted molar refractivity (Wildman–Crippen MR) is 59.6 cm³/mol. The second kappa shape index (κ2) is 3.86. The molecule has 0 aromatic carbocycles. The molecule has 0 radical (unpaired) electrons. The maximum Gasteiger partial charge on any atom is 0.102 e. The fourth-order valence-corrected chi connectivity index (χ4v) is 1.41. The molecule has 0 amide bonds. The number of allylic oxidation sites excluding steroid dienone is 3. The van der Waals surface area contributed by atoms with Crippen LogP contribution in [0, 0.1) is 17.3 Å². The van der Waals surface area contributed by atoms with E-state index in [2.05, 4.69) is 18.4 Å². The van der Waals surface area contributed by atoms with Crippen LogP contribution in [-0.4, -0.2) is 10.7 Å². The summed E-state index contributed by atoms with van der Waals surface area (Å²) in [5.74, 6) is 5.82. The molecule has 0 saturated carbocycles. The van der Waals surface area contributed by atoms with Crippen molar-refractivity contribution in [2.45, 2.75) is 25.9 Å². The lowest BCUT2D eigenvalue weighted by Crippen LogP contribution is -2.42. The van der Waals surface area contributed by atoms with Gasteiger partial charge in [0.15, 0.2) is 0 Å². The molecule has 1 unspecified atom stereocenters. The van der Waals surface area contributed by atoms with Crippen LogP contribution in [0.1, 0.15) is 20.3 Å². The summed E-state index contributed by atoms with van der Waals surface area (Å²) in [5, 5.41) is 10.4. The molecule has 0 heterocycles. The molecule has 0 fully saturated rings. The largest absolute Gasteiger partial charge is 0.384 e. The molecule has 14 heavy (non-hydrogen) atoms. The van der Waals surface area contributed by atoms with Gasteiger partial charge in [0.2, 0.25) is 0 Å². The lowest BCUT2D eigenvalue weighted by Gasteiger charge is -2.37. The summed E-state index contributed by atoms with van der Waals surface area (Å²) in [5.41, 5.74) is -1.32. The van der Waals surface area contributed by atoms with Crippen molar-refractivity contribution in [1.82, 2.24) is 0 Å². The third kappa shape index (κ3) is 1.97. The second-order valence-electron chi connectivity index (χ2n) is 4.01. The summed E-state index contributed by atoms with van der Waals surface area (Å²) in [6.45, 7) is 7.42. The first-order chi connectivity index (χ1) is 6.52. The Morgan fingerprint density at radius 2 is 2.21 bits per heavy atom. The molecule has 0 bridgehead atoms. The van der Waals surface area contributed by atoms with Crippen molar-refractivity contribution in [1.29, 1.82) is 0 Å². The van der Waals surface area contributed by atoms with Gasteiger partial charge in [0.25, 0.3) is 0 Å². The number of hydrogen-bond donors (Lipinski definition) is 1. The summed E-state index contributed by atoms with van der Waals surface area (Å²) in [4.78, 5) is 0. The topological polar surface area (TPSA) is 20.2 Å². The summed E-state index contributed by atoms with van der Waals surface area (Å²) >= 11 is 0. The van der Waals surface area contributed by atoms with Crippen LogP contribution in [0.25, 0.3) is 0 Å². The van der Waals surface area contributed by atoms with Crippen LogP contribution < -0.4 is 0 Å². The zero-order chi connectivity index (χ0) is 10.7. The summed E-state index contributed by atoms with van der Waals surface area (Å²) < 4.78 is 0. The number of rotatable bonds is 1. The maximum absolute atomic E-state index is 10.4. The smallest absolute Gasteiger partial charge is 0.102 e. The van der Waals surface area contributed by atoms with Gasteiger partial charge in [-0.1, -0.05) is 42.7 Å². The zero-order valence-corrected chi connectivity index (χ0v) is 8.75. The van der Waals surface area contributed by atoms with Gasteiger partial charge in [0.05, 0.1) is 5.41 Å². The van der Waals surface area contributed by atoms with E-state index in [-0.39, 0.29) is 0 Å². The van der Waals surface area contributed by atoms with Crippen LogP contribution in [0.15, 0.2) is 37.0 Å². The van der Waals surface area contributed by atoms with E-state index in [1.807, 2.05) is 38.2 Å². The van der Waals surface area contributed by atoms with E-state index in [1.165, 1.54) is 0 Å². The predicted octanol–water partition coefficient (Wildman–Crippen LogP) is 2.45. The molecule has 1 aliphatic carbocycles. The Bertz CT molecular complexity index is 336.